The monoisotopic (exact) mass is 605 g/mol. The maximum Gasteiger partial charge on any atom is 0.416 e. The van der Waals surface area contributed by atoms with Crippen LogP contribution in [0.4, 0.5) is 9.18 Å². The van der Waals surface area contributed by atoms with E-state index in [0.29, 0.717) is 30.3 Å². The summed E-state index contributed by atoms with van der Waals surface area (Å²) in [6.45, 7) is 9.08. The number of fused-ring (bicyclic) bond motifs is 3. The minimum Gasteiger partial charge on any atom is -0.494 e. The van der Waals surface area contributed by atoms with E-state index in [9.17, 15) is 9.18 Å². The van der Waals surface area contributed by atoms with E-state index in [2.05, 4.69) is 23.7 Å². The summed E-state index contributed by atoms with van der Waals surface area (Å²) in [5.74, 6) is 0.723. The predicted octanol–water partition coefficient (Wildman–Crippen LogP) is 8.78. The largest absolute Gasteiger partial charge is 0.494 e. The molecule has 6 nitrogen and oxygen atoms in total. The Morgan fingerprint density at radius 1 is 0.977 bits per heavy atom. The number of benzene rings is 3. The Hall–Kier alpha value is -3.55. The topological polar surface area (TPSA) is 57.8 Å². The number of carbonyl (C=O) groups is 1. The molecule has 0 aliphatic carbocycles. The molecule has 2 heterocycles. The molecule has 1 N–H and O–H groups in total. The number of ether oxygens (including phenoxy) is 2. The number of aromatic nitrogens is 1. The normalized spacial score (nSPS) is 14.7. The molecule has 43 heavy (non-hydrogen) atoms. The van der Waals surface area contributed by atoms with Gasteiger partial charge in [0.1, 0.15) is 23.4 Å². The molecule has 0 fully saturated rings. The number of rotatable bonds is 13. The van der Waals surface area contributed by atoms with Gasteiger partial charge in [-0.15, -0.1) is 0 Å². The van der Waals surface area contributed by atoms with E-state index in [1.54, 1.807) is 4.90 Å². The predicted molar refractivity (Wildman–Crippen MR) is 171 cm³/mol. The molecule has 4 aromatic rings. The molecule has 3 aromatic carbocycles. The van der Waals surface area contributed by atoms with Crippen LogP contribution in [0.5, 0.6) is 11.5 Å². The first-order chi connectivity index (χ1) is 21.0. The van der Waals surface area contributed by atoms with Gasteiger partial charge in [-0.05, 0) is 111 Å². The van der Waals surface area contributed by atoms with E-state index >= 15 is 0 Å². The lowest BCUT2D eigenvalue weighted by atomic mass is 9.92. The Labute approximate surface area is 258 Å². The number of nitrogens with one attached hydrogen (secondary N) is 1. The number of hydrogen-bond acceptors (Lipinski definition) is 4. The SMILES string of the molecule is CCCN(CC)CCCCCCOc1ccc(C2c3[nH]c4ccc(Cl)cc4c3CCN2C(=O)Oc2ccc(F)cc2)cc1. The van der Waals surface area contributed by atoms with Gasteiger partial charge in [0.05, 0.1) is 6.61 Å². The van der Waals surface area contributed by atoms with Crippen LogP contribution in [-0.4, -0.2) is 53.7 Å². The first-order valence-corrected chi connectivity index (χ1v) is 15.8. The summed E-state index contributed by atoms with van der Waals surface area (Å²) in [5.41, 5.74) is 4.00. The molecule has 5 rings (SSSR count). The number of halogens is 2. The zero-order valence-corrected chi connectivity index (χ0v) is 25.8. The molecule has 1 aliphatic heterocycles. The van der Waals surface area contributed by atoms with Crippen molar-refractivity contribution in [1.82, 2.24) is 14.8 Å². The molecular weight excluding hydrogens is 565 g/mol. The Morgan fingerprint density at radius 2 is 1.72 bits per heavy atom. The van der Waals surface area contributed by atoms with Crippen LogP contribution < -0.4 is 9.47 Å². The van der Waals surface area contributed by atoms with Crippen LogP contribution in [0, 0.1) is 5.82 Å². The van der Waals surface area contributed by atoms with Crippen LogP contribution in [0.1, 0.15) is 68.8 Å². The minimum atomic E-state index is -0.490. The Bertz CT molecular complexity index is 1490. The average molecular weight is 606 g/mol. The summed E-state index contributed by atoms with van der Waals surface area (Å²) < 4.78 is 25.2. The van der Waals surface area contributed by atoms with Crippen molar-refractivity contribution in [2.75, 3.05) is 32.8 Å². The van der Waals surface area contributed by atoms with Crippen LogP contribution in [0.25, 0.3) is 10.9 Å². The molecule has 0 radical (unpaired) electrons. The summed E-state index contributed by atoms with van der Waals surface area (Å²) in [7, 11) is 0. The van der Waals surface area contributed by atoms with Crippen molar-refractivity contribution in [2.24, 2.45) is 0 Å². The Morgan fingerprint density at radius 3 is 2.47 bits per heavy atom. The number of H-pyrrole nitrogens is 1. The van der Waals surface area contributed by atoms with Crippen molar-refractivity contribution in [3.05, 3.63) is 94.4 Å². The van der Waals surface area contributed by atoms with Crippen molar-refractivity contribution >= 4 is 28.6 Å². The second kappa shape index (κ2) is 14.8. The molecular formula is C35H41ClFN3O3. The van der Waals surface area contributed by atoms with E-state index < -0.39 is 12.1 Å². The zero-order chi connectivity index (χ0) is 30.2. The molecule has 0 bridgehead atoms. The highest BCUT2D eigenvalue weighted by Crippen LogP contribution is 2.40. The summed E-state index contributed by atoms with van der Waals surface area (Å²) in [5, 5.41) is 1.73. The number of nitrogens with zero attached hydrogens (tertiary/aromatic N) is 2. The number of amides is 1. The van der Waals surface area contributed by atoms with Crippen LogP contribution in [0.2, 0.25) is 5.02 Å². The third kappa shape index (κ3) is 7.70. The van der Waals surface area contributed by atoms with Gasteiger partial charge in [0, 0.05) is 28.2 Å². The number of aromatic amines is 1. The standard InChI is InChI=1S/C35H41ClFN3O3/c1-3-20-39(4-2)21-7-5-6-8-23-42-28-14-9-25(10-15-28)34-33-30(31-24-26(36)11-18-32(31)38-33)19-22-40(34)35(41)43-29-16-12-27(37)13-17-29/h9-18,24,34,38H,3-8,19-23H2,1-2H3. The fourth-order valence-corrected chi connectivity index (χ4v) is 6.11. The highest BCUT2D eigenvalue weighted by Gasteiger charge is 2.35. The first kappa shape index (κ1) is 30.9. The lowest BCUT2D eigenvalue weighted by Gasteiger charge is -2.35. The summed E-state index contributed by atoms with van der Waals surface area (Å²) in [6, 6.07) is 18.8. The second-order valence-electron chi connectivity index (χ2n) is 11.1. The van der Waals surface area contributed by atoms with Crippen molar-refractivity contribution in [3.8, 4) is 11.5 Å². The second-order valence-corrected chi connectivity index (χ2v) is 11.6. The van der Waals surface area contributed by atoms with Gasteiger partial charge in [0.15, 0.2) is 0 Å². The third-order valence-corrected chi connectivity index (χ3v) is 8.40. The Balaban J connectivity index is 1.27. The van der Waals surface area contributed by atoms with Gasteiger partial charge in [-0.25, -0.2) is 9.18 Å². The molecule has 0 saturated carbocycles. The van der Waals surface area contributed by atoms with Crippen LogP contribution >= 0.6 is 11.6 Å². The minimum absolute atomic E-state index is 0.298. The molecule has 0 saturated heterocycles. The highest BCUT2D eigenvalue weighted by molar-refractivity contribution is 6.31. The van der Waals surface area contributed by atoms with E-state index in [-0.39, 0.29) is 5.82 Å². The summed E-state index contributed by atoms with van der Waals surface area (Å²) in [4.78, 5) is 21.2. The average Bonchev–Trinajstić information content (AvgIpc) is 3.38. The van der Waals surface area contributed by atoms with Crippen molar-refractivity contribution in [1.29, 1.82) is 0 Å². The Kier molecular flexibility index (Phi) is 10.6. The van der Waals surface area contributed by atoms with E-state index in [4.69, 9.17) is 21.1 Å². The van der Waals surface area contributed by atoms with Gasteiger partial charge in [-0.2, -0.15) is 0 Å². The van der Waals surface area contributed by atoms with Gasteiger partial charge in [0.25, 0.3) is 0 Å². The maximum absolute atomic E-state index is 13.5. The summed E-state index contributed by atoms with van der Waals surface area (Å²) >= 11 is 6.34. The molecule has 228 valence electrons. The number of carbonyl (C=O) groups excluding carboxylic acids is 1. The van der Waals surface area contributed by atoms with Gasteiger partial charge in [0.2, 0.25) is 0 Å². The van der Waals surface area contributed by atoms with E-state index in [0.717, 1.165) is 52.9 Å². The van der Waals surface area contributed by atoms with Crippen molar-refractivity contribution in [3.63, 3.8) is 0 Å². The summed E-state index contributed by atoms with van der Waals surface area (Å²) in [6.07, 6.45) is 5.99. The van der Waals surface area contributed by atoms with Crippen LogP contribution in [0.15, 0.2) is 66.7 Å². The first-order valence-electron chi connectivity index (χ1n) is 15.5. The third-order valence-electron chi connectivity index (χ3n) is 8.16. The van der Waals surface area contributed by atoms with Gasteiger partial charge in [-0.1, -0.05) is 50.4 Å². The molecule has 1 unspecified atom stereocenters. The van der Waals surface area contributed by atoms with Gasteiger partial charge in [-0.3, -0.25) is 4.90 Å². The van der Waals surface area contributed by atoms with Gasteiger partial charge >= 0.3 is 6.09 Å². The molecule has 0 spiro atoms. The maximum atomic E-state index is 13.5. The number of unbranched alkanes of at least 4 members (excludes halogenated alkanes) is 3. The smallest absolute Gasteiger partial charge is 0.416 e. The fraction of sp³-hybridized carbons (Fsp3) is 0.400. The van der Waals surface area contributed by atoms with E-state index in [1.807, 2.05) is 42.5 Å². The van der Waals surface area contributed by atoms with Crippen molar-refractivity contribution < 1.29 is 18.7 Å². The zero-order valence-electron chi connectivity index (χ0n) is 25.1. The van der Waals surface area contributed by atoms with Gasteiger partial charge < -0.3 is 19.4 Å². The van der Waals surface area contributed by atoms with Crippen LogP contribution in [0.3, 0.4) is 0 Å². The van der Waals surface area contributed by atoms with Crippen molar-refractivity contribution in [2.45, 2.75) is 58.4 Å². The molecule has 1 amide bonds. The molecule has 8 heteroatoms. The van der Waals surface area contributed by atoms with E-state index in [1.165, 1.54) is 56.6 Å². The quantitative estimate of drug-likeness (QED) is 0.155. The molecule has 1 aliphatic rings. The fourth-order valence-electron chi connectivity index (χ4n) is 5.94. The highest BCUT2D eigenvalue weighted by atomic mass is 35.5. The molecule has 1 atom stereocenters. The number of hydrogen-bond donors (Lipinski definition) is 1. The lowest BCUT2D eigenvalue weighted by Crippen LogP contribution is -2.42. The lowest BCUT2D eigenvalue weighted by molar-refractivity contribution is 0.135. The van der Waals surface area contributed by atoms with Crippen LogP contribution in [-0.2, 0) is 6.42 Å². The molecule has 1 aromatic heterocycles.